The number of benzene rings is 1. The van der Waals surface area contributed by atoms with Crippen LogP contribution in [0.25, 0.3) is 0 Å². The van der Waals surface area contributed by atoms with Crippen LogP contribution < -0.4 is 0 Å². The number of aromatic carboxylic acids is 1. The molecular formula is C12H11NO5. The van der Waals surface area contributed by atoms with Gasteiger partial charge in [-0.25, -0.2) is 4.79 Å². The predicted molar refractivity (Wildman–Crippen MR) is 59.8 cm³/mol. The Kier molecular flexibility index (Phi) is 3.38. The number of ether oxygens (including phenoxy) is 1. The highest BCUT2D eigenvalue weighted by atomic mass is 16.5. The Morgan fingerprint density at radius 1 is 1.22 bits per heavy atom. The molecule has 0 unspecified atom stereocenters. The van der Waals surface area contributed by atoms with Crippen LogP contribution in [-0.2, 0) is 20.9 Å². The van der Waals surface area contributed by atoms with Crippen LogP contribution in [0.3, 0.4) is 0 Å². The van der Waals surface area contributed by atoms with Crippen LogP contribution in [0.5, 0.6) is 0 Å². The van der Waals surface area contributed by atoms with E-state index in [1.165, 1.54) is 6.07 Å². The quantitative estimate of drug-likeness (QED) is 0.777. The Balaban J connectivity index is 2.25. The molecule has 1 aromatic carbocycles. The van der Waals surface area contributed by atoms with E-state index >= 15 is 0 Å². The maximum atomic E-state index is 11.5. The molecule has 1 fully saturated rings. The first-order valence-electron chi connectivity index (χ1n) is 5.31. The van der Waals surface area contributed by atoms with E-state index in [-0.39, 0.29) is 25.3 Å². The third-order valence-electron chi connectivity index (χ3n) is 2.63. The molecular weight excluding hydrogens is 238 g/mol. The molecule has 18 heavy (non-hydrogen) atoms. The SMILES string of the molecule is O=C(O)c1ccccc1CN1C(=O)COCC1=O. The number of hydrogen-bond acceptors (Lipinski definition) is 4. The Labute approximate surface area is 103 Å². The summed E-state index contributed by atoms with van der Waals surface area (Å²) < 4.78 is 4.78. The molecule has 1 saturated heterocycles. The van der Waals surface area contributed by atoms with Crippen molar-refractivity contribution in [2.45, 2.75) is 6.54 Å². The number of hydrogen-bond donors (Lipinski definition) is 1. The van der Waals surface area contributed by atoms with Crippen LogP contribution >= 0.6 is 0 Å². The van der Waals surface area contributed by atoms with Gasteiger partial charge in [-0.1, -0.05) is 18.2 Å². The molecule has 6 heteroatoms. The van der Waals surface area contributed by atoms with Gasteiger partial charge < -0.3 is 9.84 Å². The molecule has 0 radical (unpaired) electrons. The van der Waals surface area contributed by atoms with Crippen LogP contribution in [0, 0.1) is 0 Å². The zero-order valence-corrected chi connectivity index (χ0v) is 9.46. The maximum absolute atomic E-state index is 11.5. The molecule has 1 aliphatic heterocycles. The zero-order chi connectivity index (χ0) is 13.1. The molecule has 0 aromatic heterocycles. The summed E-state index contributed by atoms with van der Waals surface area (Å²) in [4.78, 5) is 35.1. The van der Waals surface area contributed by atoms with E-state index in [9.17, 15) is 14.4 Å². The van der Waals surface area contributed by atoms with Gasteiger partial charge in [0.25, 0.3) is 11.8 Å². The van der Waals surface area contributed by atoms with Gasteiger partial charge in [0.1, 0.15) is 13.2 Å². The molecule has 0 aliphatic carbocycles. The van der Waals surface area contributed by atoms with Crippen molar-refractivity contribution >= 4 is 17.8 Å². The second-order valence-electron chi connectivity index (χ2n) is 3.83. The Bertz CT molecular complexity index is 495. The lowest BCUT2D eigenvalue weighted by Crippen LogP contribution is -2.45. The zero-order valence-electron chi connectivity index (χ0n) is 9.46. The van der Waals surface area contributed by atoms with Gasteiger partial charge in [-0.15, -0.1) is 0 Å². The monoisotopic (exact) mass is 249 g/mol. The summed E-state index contributed by atoms with van der Waals surface area (Å²) in [6, 6.07) is 6.28. The fraction of sp³-hybridized carbons (Fsp3) is 0.250. The Hall–Kier alpha value is -2.21. The van der Waals surface area contributed by atoms with E-state index in [0.717, 1.165) is 4.90 Å². The van der Waals surface area contributed by atoms with Crippen LogP contribution in [0.2, 0.25) is 0 Å². The molecule has 1 heterocycles. The van der Waals surface area contributed by atoms with Gasteiger partial charge in [0, 0.05) is 0 Å². The summed E-state index contributed by atoms with van der Waals surface area (Å²) in [7, 11) is 0. The predicted octanol–water partition coefficient (Wildman–Crippen LogP) is 0.270. The highest BCUT2D eigenvalue weighted by Gasteiger charge is 2.27. The number of carbonyl (C=O) groups excluding carboxylic acids is 2. The summed E-state index contributed by atoms with van der Waals surface area (Å²) in [5.74, 6) is -1.99. The fourth-order valence-electron chi connectivity index (χ4n) is 1.73. The summed E-state index contributed by atoms with van der Waals surface area (Å²) in [5, 5.41) is 9.01. The van der Waals surface area contributed by atoms with Crippen molar-refractivity contribution < 1.29 is 24.2 Å². The average molecular weight is 249 g/mol. The largest absolute Gasteiger partial charge is 0.478 e. The lowest BCUT2D eigenvalue weighted by Gasteiger charge is -2.25. The van der Waals surface area contributed by atoms with Crippen molar-refractivity contribution in [1.29, 1.82) is 0 Å². The van der Waals surface area contributed by atoms with Crippen molar-refractivity contribution in [1.82, 2.24) is 4.90 Å². The number of carbonyl (C=O) groups is 3. The van der Waals surface area contributed by atoms with Crippen molar-refractivity contribution in [2.75, 3.05) is 13.2 Å². The van der Waals surface area contributed by atoms with Crippen molar-refractivity contribution in [2.24, 2.45) is 0 Å². The molecule has 6 nitrogen and oxygen atoms in total. The summed E-state index contributed by atoms with van der Waals surface area (Å²) >= 11 is 0. The third kappa shape index (κ3) is 2.38. The Morgan fingerprint density at radius 2 is 1.83 bits per heavy atom. The van der Waals surface area contributed by atoms with E-state index in [1.54, 1.807) is 18.2 Å². The van der Waals surface area contributed by atoms with E-state index in [2.05, 4.69) is 0 Å². The van der Waals surface area contributed by atoms with E-state index in [4.69, 9.17) is 9.84 Å². The molecule has 94 valence electrons. The lowest BCUT2D eigenvalue weighted by molar-refractivity contribution is -0.159. The van der Waals surface area contributed by atoms with Crippen LogP contribution in [-0.4, -0.2) is 41.0 Å². The maximum Gasteiger partial charge on any atom is 0.336 e. The minimum Gasteiger partial charge on any atom is -0.478 e. The highest BCUT2D eigenvalue weighted by Crippen LogP contribution is 2.14. The minimum absolute atomic E-state index is 0.0382. The third-order valence-corrected chi connectivity index (χ3v) is 2.63. The molecule has 2 amide bonds. The number of carboxylic acid groups (broad SMARTS) is 1. The highest BCUT2D eigenvalue weighted by molar-refractivity contribution is 5.98. The lowest BCUT2D eigenvalue weighted by atomic mass is 10.1. The van der Waals surface area contributed by atoms with Gasteiger partial charge in [0.2, 0.25) is 0 Å². The second kappa shape index (κ2) is 4.97. The van der Waals surface area contributed by atoms with Crippen LogP contribution in [0.4, 0.5) is 0 Å². The smallest absolute Gasteiger partial charge is 0.336 e. The summed E-state index contributed by atoms with van der Waals surface area (Å²) in [6.07, 6.45) is 0. The number of rotatable bonds is 3. The minimum atomic E-state index is -1.08. The van der Waals surface area contributed by atoms with Gasteiger partial charge in [-0.05, 0) is 11.6 Å². The van der Waals surface area contributed by atoms with Gasteiger partial charge >= 0.3 is 5.97 Å². The van der Waals surface area contributed by atoms with Crippen molar-refractivity contribution in [3.8, 4) is 0 Å². The molecule has 0 bridgehead atoms. The number of carboxylic acids is 1. The fourth-order valence-corrected chi connectivity index (χ4v) is 1.73. The average Bonchev–Trinajstić information content (AvgIpc) is 2.34. The topological polar surface area (TPSA) is 83.9 Å². The normalized spacial score (nSPS) is 15.9. The first-order valence-corrected chi connectivity index (χ1v) is 5.31. The van der Waals surface area contributed by atoms with Crippen LogP contribution in [0.15, 0.2) is 24.3 Å². The standard InChI is InChI=1S/C12H11NO5/c14-10-6-18-7-11(15)13(10)5-8-3-1-2-4-9(8)12(16)17/h1-4H,5-7H2,(H,16,17). The molecule has 0 spiro atoms. The summed E-state index contributed by atoms with van der Waals surface area (Å²) in [6.45, 7) is -0.342. The van der Waals surface area contributed by atoms with Crippen molar-refractivity contribution in [3.05, 3.63) is 35.4 Å². The first kappa shape index (κ1) is 12.3. The van der Waals surface area contributed by atoms with Gasteiger partial charge in [-0.3, -0.25) is 14.5 Å². The van der Waals surface area contributed by atoms with E-state index < -0.39 is 17.8 Å². The number of amides is 2. The molecule has 1 aromatic rings. The van der Waals surface area contributed by atoms with Gasteiger partial charge in [-0.2, -0.15) is 0 Å². The number of morpholine rings is 1. The number of imide groups is 1. The number of nitrogens with zero attached hydrogens (tertiary/aromatic N) is 1. The molecule has 2 rings (SSSR count). The van der Waals surface area contributed by atoms with Gasteiger partial charge in [0.05, 0.1) is 12.1 Å². The van der Waals surface area contributed by atoms with Gasteiger partial charge in [0.15, 0.2) is 0 Å². The Morgan fingerprint density at radius 3 is 2.44 bits per heavy atom. The van der Waals surface area contributed by atoms with Crippen molar-refractivity contribution in [3.63, 3.8) is 0 Å². The van der Waals surface area contributed by atoms with Crippen LogP contribution in [0.1, 0.15) is 15.9 Å². The molecule has 1 aliphatic rings. The van der Waals surface area contributed by atoms with E-state index in [1.807, 2.05) is 0 Å². The molecule has 0 saturated carbocycles. The summed E-state index contributed by atoms with van der Waals surface area (Å²) in [5.41, 5.74) is 0.512. The molecule has 0 atom stereocenters. The van der Waals surface area contributed by atoms with E-state index in [0.29, 0.717) is 5.56 Å². The molecule has 1 N–H and O–H groups in total. The first-order chi connectivity index (χ1) is 8.59. The second-order valence-corrected chi connectivity index (χ2v) is 3.83.